The molecule has 242 valence electrons. The van der Waals surface area contributed by atoms with Crippen molar-refractivity contribution in [1.82, 2.24) is 20.2 Å². The highest BCUT2D eigenvalue weighted by atomic mass is 15.1. The Hall–Kier alpha value is -4.51. The third kappa shape index (κ3) is 10.00. The fourth-order valence-electron chi connectivity index (χ4n) is 5.84. The molecule has 0 amide bonds. The zero-order chi connectivity index (χ0) is 33.3. The van der Waals surface area contributed by atoms with Gasteiger partial charge >= 0.3 is 0 Å². The summed E-state index contributed by atoms with van der Waals surface area (Å²) in [4.78, 5) is 4.68. The molecule has 1 aromatic heterocycles. The molecule has 4 rings (SSSR count). The van der Waals surface area contributed by atoms with Crippen molar-refractivity contribution < 1.29 is 0 Å². The van der Waals surface area contributed by atoms with Gasteiger partial charge in [0, 0.05) is 35.8 Å². The van der Waals surface area contributed by atoms with Crippen LogP contribution in [-0.2, 0) is 13.0 Å². The van der Waals surface area contributed by atoms with E-state index < -0.39 is 5.54 Å². The first-order valence-electron chi connectivity index (χ1n) is 16.4. The van der Waals surface area contributed by atoms with Gasteiger partial charge in [-0.15, -0.1) is 6.58 Å². The van der Waals surface area contributed by atoms with E-state index in [1.807, 2.05) is 18.6 Å². The summed E-state index contributed by atoms with van der Waals surface area (Å²) in [6.45, 7) is 29.0. The molecule has 5 heteroatoms. The van der Waals surface area contributed by atoms with Crippen molar-refractivity contribution in [3.8, 4) is 0 Å². The maximum absolute atomic E-state index is 4.68. The van der Waals surface area contributed by atoms with Gasteiger partial charge in [0.2, 0.25) is 0 Å². The van der Waals surface area contributed by atoms with E-state index in [-0.39, 0.29) is 17.4 Å². The van der Waals surface area contributed by atoms with Crippen LogP contribution in [0.1, 0.15) is 70.9 Å². The zero-order valence-corrected chi connectivity index (χ0v) is 28.6. The first-order chi connectivity index (χ1) is 21.8. The number of imidazole rings is 1. The minimum Gasteiger partial charge on any atom is -0.379 e. The van der Waals surface area contributed by atoms with Gasteiger partial charge in [0.1, 0.15) is 5.82 Å². The molecule has 5 nitrogen and oxygen atoms in total. The van der Waals surface area contributed by atoms with Crippen LogP contribution >= 0.6 is 0 Å². The summed E-state index contributed by atoms with van der Waals surface area (Å²) < 4.78 is 2.11. The third-order valence-electron chi connectivity index (χ3n) is 8.37. The first kappa shape index (κ1) is 34.4. The average Bonchev–Trinajstić information content (AvgIpc) is 3.44. The van der Waals surface area contributed by atoms with Gasteiger partial charge in [-0.2, -0.15) is 0 Å². The number of hydrogen-bond donors (Lipinski definition) is 3. The molecule has 0 aliphatic rings. The number of aromatic nitrogens is 2. The summed E-state index contributed by atoms with van der Waals surface area (Å²) in [5.41, 5.74) is 5.08. The van der Waals surface area contributed by atoms with E-state index in [2.05, 4.69) is 159 Å². The molecule has 0 aliphatic carbocycles. The second-order valence-corrected chi connectivity index (χ2v) is 14.2. The summed E-state index contributed by atoms with van der Waals surface area (Å²) in [6.07, 6.45) is 9.70. The Morgan fingerprint density at radius 3 is 2.30 bits per heavy atom. The van der Waals surface area contributed by atoms with Crippen LogP contribution in [0.3, 0.4) is 0 Å². The van der Waals surface area contributed by atoms with Crippen molar-refractivity contribution in [1.29, 1.82) is 0 Å². The molecule has 0 spiro atoms. The van der Waals surface area contributed by atoms with Gasteiger partial charge in [-0.3, -0.25) is 0 Å². The molecular weight excluding hydrogens is 562 g/mol. The molecule has 0 bridgehead atoms. The first-order valence-corrected chi connectivity index (χ1v) is 16.4. The Morgan fingerprint density at radius 1 is 0.913 bits per heavy atom. The summed E-state index contributed by atoms with van der Waals surface area (Å²) in [5, 5.41) is 13.3. The fourth-order valence-corrected chi connectivity index (χ4v) is 5.84. The second-order valence-electron chi connectivity index (χ2n) is 14.2. The molecule has 0 fully saturated rings. The molecule has 0 saturated heterocycles. The summed E-state index contributed by atoms with van der Waals surface area (Å²) in [7, 11) is 0. The Kier molecular flexibility index (Phi) is 11.3. The van der Waals surface area contributed by atoms with Crippen molar-refractivity contribution in [2.75, 3.05) is 5.32 Å². The Balaban J connectivity index is 1.43. The molecule has 2 atom stereocenters. The van der Waals surface area contributed by atoms with Gasteiger partial charge in [0.25, 0.3) is 0 Å². The van der Waals surface area contributed by atoms with Crippen LogP contribution in [0.4, 0.5) is 5.82 Å². The van der Waals surface area contributed by atoms with Crippen molar-refractivity contribution in [3.05, 3.63) is 146 Å². The summed E-state index contributed by atoms with van der Waals surface area (Å²) in [6, 6.07) is 25.7. The molecule has 1 heterocycles. The average molecular weight is 616 g/mol. The van der Waals surface area contributed by atoms with E-state index in [0.29, 0.717) is 0 Å². The highest BCUT2D eigenvalue weighted by Crippen LogP contribution is 2.27. The van der Waals surface area contributed by atoms with E-state index in [0.717, 1.165) is 55.1 Å². The topological polar surface area (TPSA) is 53.9 Å². The molecule has 3 N–H and O–H groups in total. The lowest BCUT2D eigenvalue weighted by molar-refractivity contribution is 0.370. The summed E-state index contributed by atoms with van der Waals surface area (Å²) in [5.74, 6) is 0.927. The number of nitrogens with zero attached hydrogens (tertiary/aromatic N) is 2. The van der Waals surface area contributed by atoms with Crippen molar-refractivity contribution >= 4 is 16.6 Å². The van der Waals surface area contributed by atoms with Crippen LogP contribution in [-0.4, -0.2) is 21.1 Å². The standard InChI is InChI=1S/C41H53N5/c1-10-34(37-24-23-35-20-14-15-21-36(35)25-37)27-46-28-39(42-29-46)43-31(3)38(22-16-19-33-17-12-11-13-18-33)44-32(4)41(8,9)45-30(2)26-40(5,6)7/h10-15,17-18,20-21,23-25,28-29,34,38,43-45H,1-4,16,19,22,26-27H2,5-9H3. The van der Waals surface area contributed by atoms with E-state index in [1.165, 1.54) is 21.9 Å². The summed E-state index contributed by atoms with van der Waals surface area (Å²) >= 11 is 0. The maximum atomic E-state index is 4.68. The number of fused-ring (bicyclic) bond motifs is 1. The fraction of sp³-hybridized carbons (Fsp3) is 0.341. The van der Waals surface area contributed by atoms with Gasteiger partial charge < -0.3 is 20.5 Å². The Morgan fingerprint density at radius 2 is 1.61 bits per heavy atom. The minimum absolute atomic E-state index is 0.0446. The predicted molar refractivity (Wildman–Crippen MR) is 198 cm³/mol. The molecule has 0 saturated carbocycles. The number of allylic oxidation sites excluding steroid dienone is 2. The number of rotatable bonds is 17. The van der Waals surface area contributed by atoms with Gasteiger partial charge in [-0.05, 0) is 66.8 Å². The zero-order valence-electron chi connectivity index (χ0n) is 28.6. The van der Waals surface area contributed by atoms with Gasteiger partial charge in [-0.1, -0.05) is 119 Å². The quantitative estimate of drug-likeness (QED) is 0.104. The Bertz CT molecular complexity index is 1640. The molecule has 2 unspecified atom stereocenters. The van der Waals surface area contributed by atoms with Crippen LogP contribution < -0.4 is 16.0 Å². The lowest BCUT2D eigenvalue weighted by atomic mass is 9.89. The van der Waals surface area contributed by atoms with Crippen LogP contribution in [0.2, 0.25) is 0 Å². The second kappa shape index (κ2) is 15.2. The van der Waals surface area contributed by atoms with Crippen molar-refractivity contribution in [3.63, 3.8) is 0 Å². The number of nitrogens with one attached hydrogen (secondary N) is 3. The monoisotopic (exact) mass is 615 g/mol. The molecule has 4 aromatic rings. The largest absolute Gasteiger partial charge is 0.379 e. The van der Waals surface area contributed by atoms with Gasteiger partial charge in [-0.25, -0.2) is 4.98 Å². The van der Waals surface area contributed by atoms with E-state index >= 15 is 0 Å². The van der Waals surface area contributed by atoms with Crippen LogP contribution in [0.15, 0.2) is 135 Å². The molecule has 0 aliphatic heterocycles. The predicted octanol–water partition coefficient (Wildman–Crippen LogP) is 9.74. The van der Waals surface area contributed by atoms with E-state index in [4.69, 9.17) is 0 Å². The highest BCUT2D eigenvalue weighted by Gasteiger charge is 2.26. The van der Waals surface area contributed by atoms with Crippen LogP contribution in [0, 0.1) is 5.41 Å². The molecule has 3 aromatic carbocycles. The van der Waals surface area contributed by atoms with E-state index in [9.17, 15) is 0 Å². The lowest BCUT2D eigenvalue weighted by Gasteiger charge is -2.36. The van der Waals surface area contributed by atoms with Crippen molar-refractivity contribution in [2.45, 2.75) is 84.3 Å². The number of aryl methyl sites for hydroxylation is 1. The van der Waals surface area contributed by atoms with Crippen LogP contribution in [0.25, 0.3) is 10.8 Å². The number of anilines is 1. The van der Waals surface area contributed by atoms with Crippen molar-refractivity contribution in [2.24, 2.45) is 5.41 Å². The Labute approximate surface area is 277 Å². The normalized spacial score (nSPS) is 13.1. The number of benzene rings is 3. The van der Waals surface area contributed by atoms with Crippen LogP contribution in [0.5, 0.6) is 0 Å². The molecule has 46 heavy (non-hydrogen) atoms. The highest BCUT2D eigenvalue weighted by molar-refractivity contribution is 5.83. The molecular formula is C41H53N5. The smallest absolute Gasteiger partial charge is 0.148 e. The minimum atomic E-state index is -0.398. The maximum Gasteiger partial charge on any atom is 0.148 e. The third-order valence-corrected chi connectivity index (χ3v) is 8.37. The SMILES string of the molecule is C=CC(Cn1cnc(NC(=C)C(CCCc2ccccc2)NC(=C)C(C)(C)NC(=C)CC(C)(C)C)c1)c1ccc2ccccc2c1. The van der Waals surface area contributed by atoms with E-state index in [1.54, 1.807) is 0 Å². The van der Waals surface area contributed by atoms with Gasteiger partial charge in [0.05, 0.1) is 17.9 Å². The number of hydrogen-bond acceptors (Lipinski definition) is 4. The van der Waals surface area contributed by atoms with Gasteiger partial charge in [0.15, 0.2) is 0 Å². The lowest BCUT2D eigenvalue weighted by Crippen LogP contribution is -2.48. The molecule has 0 radical (unpaired) electrons.